The first-order valence-corrected chi connectivity index (χ1v) is 12.7. The zero-order chi connectivity index (χ0) is 22.9. The van der Waals surface area contributed by atoms with Crippen LogP contribution < -0.4 is 5.32 Å². The Hall–Kier alpha value is -3.02. The van der Waals surface area contributed by atoms with Gasteiger partial charge >= 0.3 is 0 Å². The van der Waals surface area contributed by atoms with Gasteiger partial charge in [0.25, 0.3) is 0 Å². The van der Waals surface area contributed by atoms with Crippen LogP contribution in [0.15, 0.2) is 60.8 Å². The number of rotatable bonds is 8. The molecule has 2 aromatic heterocycles. The van der Waals surface area contributed by atoms with Gasteiger partial charge in [0.15, 0.2) is 0 Å². The molecule has 174 valence electrons. The molecule has 0 amide bonds. The molecule has 2 aromatic carbocycles. The Bertz CT molecular complexity index is 1260. The third-order valence-electron chi connectivity index (χ3n) is 7.29. The van der Waals surface area contributed by atoms with E-state index in [9.17, 15) is 0 Å². The monoisotopic (exact) mass is 451 g/mol. The lowest BCUT2D eigenvalue weighted by molar-refractivity contribution is 0.153. The van der Waals surface area contributed by atoms with E-state index in [0.29, 0.717) is 12.1 Å². The maximum Gasteiger partial charge on any atom is 0.121 e. The minimum absolute atomic E-state index is 0.295. The van der Waals surface area contributed by atoms with Crippen LogP contribution in [0.1, 0.15) is 65.5 Å². The molecule has 1 unspecified atom stereocenters. The number of H-pyrrole nitrogens is 1. The average molecular weight is 452 g/mol. The molecule has 0 bridgehead atoms. The molecule has 5 nitrogen and oxygen atoms in total. The van der Waals surface area contributed by atoms with E-state index >= 15 is 0 Å². The number of para-hydroxylation sites is 2. The van der Waals surface area contributed by atoms with Gasteiger partial charge in [0.05, 0.1) is 29.3 Å². The van der Waals surface area contributed by atoms with E-state index in [0.717, 1.165) is 49.3 Å². The molecule has 0 spiro atoms. The maximum absolute atomic E-state index is 4.92. The summed E-state index contributed by atoms with van der Waals surface area (Å²) >= 11 is 0. The molecular weight excluding hydrogens is 418 g/mol. The lowest BCUT2D eigenvalue weighted by Crippen LogP contribution is -2.32. The van der Waals surface area contributed by atoms with Crippen molar-refractivity contribution in [1.29, 1.82) is 0 Å². The predicted octanol–water partition coefficient (Wildman–Crippen LogP) is 5.60. The van der Waals surface area contributed by atoms with Crippen LogP contribution in [0.5, 0.6) is 0 Å². The molecule has 2 aliphatic carbocycles. The first-order chi connectivity index (χ1) is 16.7. The van der Waals surface area contributed by atoms with Crippen LogP contribution in [0.4, 0.5) is 0 Å². The van der Waals surface area contributed by atoms with Crippen molar-refractivity contribution in [2.75, 3.05) is 0 Å². The van der Waals surface area contributed by atoms with Crippen LogP contribution in [0.2, 0.25) is 0 Å². The number of benzene rings is 2. The molecule has 1 fully saturated rings. The number of hydrogen-bond donors (Lipinski definition) is 2. The first kappa shape index (κ1) is 21.5. The van der Waals surface area contributed by atoms with Crippen LogP contribution >= 0.6 is 0 Å². The van der Waals surface area contributed by atoms with Crippen molar-refractivity contribution < 1.29 is 0 Å². The molecule has 1 saturated carbocycles. The van der Waals surface area contributed by atoms with Crippen LogP contribution in [-0.2, 0) is 26.1 Å². The van der Waals surface area contributed by atoms with Crippen LogP contribution in [0.3, 0.4) is 0 Å². The number of pyridine rings is 1. The molecule has 2 N–H and O–H groups in total. The van der Waals surface area contributed by atoms with E-state index < -0.39 is 0 Å². The van der Waals surface area contributed by atoms with E-state index in [1.807, 2.05) is 6.20 Å². The molecule has 0 aliphatic heterocycles. The van der Waals surface area contributed by atoms with Crippen LogP contribution in [0.25, 0.3) is 11.0 Å². The van der Waals surface area contributed by atoms with Crippen molar-refractivity contribution in [1.82, 2.24) is 25.2 Å². The average Bonchev–Trinajstić information content (AvgIpc) is 3.60. The molecule has 0 saturated heterocycles. The quantitative estimate of drug-likeness (QED) is 0.366. The number of nitrogens with zero attached hydrogens (tertiary/aromatic N) is 3. The Morgan fingerprint density at radius 2 is 1.91 bits per heavy atom. The van der Waals surface area contributed by atoms with E-state index in [1.165, 1.54) is 47.2 Å². The summed E-state index contributed by atoms with van der Waals surface area (Å²) in [5.74, 6) is 1.02. The number of nitrogens with one attached hydrogen (secondary N) is 2. The standard InChI is InChI=1S/C29H33N5/c1-20-11-12-22(23(16-20)17-31-24-13-14-24)18-34(19-28-32-25-8-2-3-9-26(25)33-28)27-10-4-6-21-7-5-15-30-29(21)27/h2-3,5,7-9,11-12,15-16,24,27,31H,4,6,10,13-14,17-19H2,1H3,(H,32,33). The smallest absolute Gasteiger partial charge is 0.121 e. The Labute approximate surface area is 201 Å². The third-order valence-corrected chi connectivity index (χ3v) is 7.29. The highest BCUT2D eigenvalue weighted by molar-refractivity contribution is 5.74. The third kappa shape index (κ3) is 4.63. The lowest BCUT2D eigenvalue weighted by Gasteiger charge is -2.35. The minimum Gasteiger partial charge on any atom is -0.341 e. The lowest BCUT2D eigenvalue weighted by atomic mass is 9.90. The Kier molecular flexibility index (Phi) is 5.90. The largest absolute Gasteiger partial charge is 0.341 e. The summed E-state index contributed by atoms with van der Waals surface area (Å²) in [6.45, 7) is 4.80. The number of aryl methyl sites for hydroxylation is 2. The fourth-order valence-electron chi connectivity index (χ4n) is 5.32. The van der Waals surface area contributed by atoms with Gasteiger partial charge in [-0.25, -0.2) is 4.98 Å². The highest BCUT2D eigenvalue weighted by Gasteiger charge is 2.29. The van der Waals surface area contributed by atoms with Crippen molar-refractivity contribution in [3.63, 3.8) is 0 Å². The first-order valence-electron chi connectivity index (χ1n) is 12.7. The van der Waals surface area contributed by atoms with E-state index in [2.05, 4.69) is 76.7 Å². The van der Waals surface area contributed by atoms with Crippen LogP contribution in [-0.4, -0.2) is 25.9 Å². The normalized spacial score (nSPS) is 17.9. The van der Waals surface area contributed by atoms with Gasteiger partial charge in [-0.05, 0) is 73.9 Å². The second kappa shape index (κ2) is 9.32. The van der Waals surface area contributed by atoms with E-state index in [-0.39, 0.29) is 0 Å². The van der Waals surface area contributed by atoms with Gasteiger partial charge in [-0.2, -0.15) is 0 Å². The van der Waals surface area contributed by atoms with Crippen LogP contribution in [0, 0.1) is 6.92 Å². The fraction of sp³-hybridized carbons (Fsp3) is 0.379. The summed E-state index contributed by atoms with van der Waals surface area (Å²) in [5, 5.41) is 3.73. The number of imidazole rings is 1. The highest BCUT2D eigenvalue weighted by Crippen LogP contribution is 2.35. The molecule has 0 radical (unpaired) electrons. The molecule has 34 heavy (non-hydrogen) atoms. The number of aromatic amines is 1. The molecule has 2 heterocycles. The van der Waals surface area contributed by atoms with Gasteiger partial charge in [-0.1, -0.05) is 42.0 Å². The highest BCUT2D eigenvalue weighted by atomic mass is 15.2. The number of hydrogen-bond acceptors (Lipinski definition) is 4. The van der Waals surface area contributed by atoms with Crippen molar-refractivity contribution in [3.8, 4) is 0 Å². The Balaban J connectivity index is 1.34. The summed E-state index contributed by atoms with van der Waals surface area (Å²) in [7, 11) is 0. The summed E-state index contributed by atoms with van der Waals surface area (Å²) in [6, 6.07) is 20.6. The number of aromatic nitrogens is 3. The molecule has 4 aromatic rings. The molecule has 6 rings (SSSR count). The summed E-state index contributed by atoms with van der Waals surface area (Å²) < 4.78 is 0. The maximum atomic E-state index is 4.92. The van der Waals surface area contributed by atoms with Gasteiger partial charge in [-0.3, -0.25) is 9.88 Å². The second-order valence-electron chi connectivity index (χ2n) is 9.99. The topological polar surface area (TPSA) is 56.8 Å². The minimum atomic E-state index is 0.295. The fourth-order valence-corrected chi connectivity index (χ4v) is 5.32. The van der Waals surface area contributed by atoms with E-state index in [1.54, 1.807) is 0 Å². The molecular formula is C29H33N5. The van der Waals surface area contributed by atoms with Crippen molar-refractivity contribution >= 4 is 11.0 Å². The van der Waals surface area contributed by atoms with Gasteiger partial charge in [0, 0.05) is 25.3 Å². The molecule has 2 aliphatic rings. The zero-order valence-corrected chi connectivity index (χ0v) is 19.9. The second-order valence-corrected chi connectivity index (χ2v) is 9.99. The summed E-state index contributed by atoms with van der Waals surface area (Å²) in [4.78, 5) is 15.9. The predicted molar refractivity (Wildman–Crippen MR) is 136 cm³/mol. The van der Waals surface area contributed by atoms with Crippen molar-refractivity contribution in [2.24, 2.45) is 0 Å². The summed E-state index contributed by atoms with van der Waals surface area (Å²) in [5.41, 5.74) is 8.91. The molecule has 1 atom stereocenters. The van der Waals surface area contributed by atoms with Gasteiger partial charge in [0.1, 0.15) is 5.82 Å². The SMILES string of the molecule is Cc1ccc(CN(Cc2nc3ccccc3[nH]2)C2CCCc3cccnc32)c(CNC2CC2)c1. The van der Waals surface area contributed by atoms with E-state index in [4.69, 9.17) is 9.97 Å². The van der Waals surface area contributed by atoms with Crippen molar-refractivity contribution in [2.45, 2.75) is 70.7 Å². The van der Waals surface area contributed by atoms with Gasteiger partial charge in [0.2, 0.25) is 0 Å². The zero-order valence-electron chi connectivity index (χ0n) is 19.9. The number of fused-ring (bicyclic) bond motifs is 2. The summed E-state index contributed by atoms with van der Waals surface area (Å²) in [6.07, 6.45) is 8.02. The van der Waals surface area contributed by atoms with Gasteiger partial charge < -0.3 is 10.3 Å². The van der Waals surface area contributed by atoms with Gasteiger partial charge in [-0.15, -0.1) is 0 Å². The molecule has 5 heteroatoms. The Morgan fingerprint density at radius 3 is 2.79 bits per heavy atom. The Morgan fingerprint density at radius 1 is 1.00 bits per heavy atom. The van der Waals surface area contributed by atoms with Crippen molar-refractivity contribution in [3.05, 3.63) is 94.6 Å².